The number of fused-ring (bicyclic) bond motifs is 1. The first kappa shape index (κ1) is 17.9. The smallest absolute Gasteiger partial charge is 0.220 e. The third kappa shape index (κ3) is 3.78. The van der Waals surface area contributed by atoms with E-state index in [9.17, 15) is 4.79 Å². The fourth-order valence-corrected chi connectivity index (χ4v) is 4.59. The largest absolute Gasteiger partial charge is 0.371 e. The Balaban J connectivity index is 1.35. The van der Waals surface area contributed by atoms with E-state index in [-0.39, 0.29) is 30.2 Å². The number of carbonyl (C=O) groups excluding carboxylic acids is 1. The molecule has 0 radical (unpaired) electrons. The normalized spacial score (nSPS) is 31.9. The highest BCUT2D eigenvalue weighted by molar-refractivity contribution is 5.76. The van der Waals surface area contributed by atoms with Crippen LogP contribution in [0.4, 0.5) is 0 Å². The van der Waals surface area contributed by atoms with Gasteiger partial charge in [-0.25, -0.2) is 4.68 Å². The van der Waals surface area contributed by atoms with Crippen molar-refractivity contribution in [3.8, 4) is 0 Å². The Morgan fingerprint density at radius 3 is 2.85 bits per heavy atom. The molecule has 1 N–H and O–H groups in total. The zero-order valence-electron chi connectivity index (χ0n) is 15.6. The third-order valence-electron chi connectivity index (χ3n) is 5.97. The van der Waals surface area contributed by atoms with Crippen LogP contribution in [0.15, 0.2) is 6.20 Å². The summed E-state index contributed by atoms with van der Waals surface area (Å²) in [6.07, 6.45) is 11.0. The monoisotopic (exact) mass is 362 g/mol. The molecule has 7 nitrogen and oxygen atoms in total. The van der Waals surface area contributed by atoms with Crippen molar-refractivity contribution in [3.63, 3.8) is 0 Å². The molecule has 4 rings (SSSR count). The molecular formula is C19H30N4O3. The molecule has 3 fully saturated rings. The average molecular weight is 362 g/mol. The lowest BCUT2D eigenvalue weighted by atomic mass is 9.86. The van der Waals surface area contributed by atoms with E-state index in [1.165, 1.54) is 32.1 Å². The van der Waals surface area contributed by atoms with Crippen LogP contribution in [-0.4, -0.2) is 52.4 Å². The lowest BCUT2D eigenvalue weighted by molar-refractivity contribution is -0.122. The van der Waals surface area contributed by atoms with Gasteiger partial charge in [-0.1, -0.05) is 44.2 Å². The second-order valence-electron chi connectivity index (χ2n) is 7.99. The standard InChI is InChI=1S/C19H30N4O3/c1-2-6-17(24)20-15-11-25-19-16(12-26-18(15)19)23-10-14(21-22-23)9-13-7-4-3-5-8-13/h10,13,15-16,18-19H,2-9,11-12H2,1H3,(H,20,24)/t15-,16-,18+,19+/m0/s1. The molecule has 26 heavy (non-hydrogen) atoms. The second-order valence-corrected chi connectivity index (χ2v) is 7.99. The summed E-state index contributed by atoms with van der Waals surface area (Å²) in [4.78, 5) is 11.9. The molecule has 1 amide bonds. The minimum Gasteiger partial charge on any atom is -0.371 e. The molecule has 1 saturated carbocycles. The Morgan fingerprint density at radius 2 is 2.04 bits per heavy atom. The Kier molecular flexibility index (Phi) is 5.55. The van der Waals surface area contributed by atoms with Gasteiger partial charge in [0.2, 0.25) is 5.91 Å². The molecular weight excluding hydrogens is 332 g/mol. The number of aromatic nitrogens is 3. The summed E-state index contributed by atoms with van der Waals surface area (Å²) in [6, 6.07) is -0.0186. The van der Waals surface area contributed by atoms with Gasteiger partial charge in [-0.3, -0.25) is 4.79 Å². The van der Waals surface area contributed by atoms with Crippen LogP contribution in [0.25, 0.3) is 0 Å². The molecule has 3 heterocycles. The first-order valence-electron chi connectivity index (χ1n) is 10.2. The van der Waals surface area contributed by atoms with E-state index in [0.29, 0.717) is 19.6 Å². The molecule has 1 aromatic rings. The molecule has 0 spiro atoms. The second kappa shape index (κ2) is 8.05. The average Bonchev–Trinajstić information content (AvgIpc) is 3.34. The molecule has 1 aromatic heterocycles. The first-order valence-corrected chi connectivity index (χ1v) is 10.2. The van der Waals surface area contributed by atoms with Gasteiger partial charge in [0.1, 0.15) is 18.2 Å². The van der Waals surface area contributed by atoms with E-state index in [1.807, 2.05) is 11.6 Å². The maximum Gasteiger partial charge on any atom is 0.220 e. The van der Waals surface area contributed by atoms with Gasteiger partial charge in [0.05, 0.1) is 24.9 Å². The van der Waals surface area contributed by atoms with Crippen molar-refractivity contribution < 1.29 is 14.3 Å². The Labute approximate surface area is 154 Å². The van der Waals surface area contributed by atoms with Crippen molar-refractivity contribution in [2.45, 2.75) is 82.6 Å². The van der Waals surface area contributed by atoms with Crippen LogP contribution >= 0.6 is 0 Å². The van der Waals surface area contributed by atoms with Gasteiger partial charge in [-0.2, -0.15) is 0 Å². The highest BCUT2D eigenvalue weighted by atomic mass is 16.6. The quantitative estimate of drug-likeness (QED) is 0.838. The topological polar surface area (TPSA) is 78.3 Å². The van der Waals surface area contributed by atoms with Crippen molar-refractivity contribution in [3.05, 3.63) is 11.9 Å². The third-order valence-corrected chi connectivity index (χ3v) is 5.97. The number of hydrogen-bond acceptors (Lipinski definition) is 5. The number of nitrogens with one attached hydrogen (secondary N) is 1. The summed E-state index contributed by atoms with van der Waals surface area (Å²) >= 11 is 0. The molecule has 4 atom stereocenters. The van der Waals surface area contributed by atoms with Crippen molar-refractivity contribution in [1.29, 1.82) is 0 Å². The molecule has 144 valence electrons. The van der Waals surface area contributed by atoms with Crippen molar-refractivity contribution in [2.75, 3.05) is 13.2 Å². The van der Waals surface area contributed by atoms with Crippen LogP contribution < -0.4 is 5.32 Å². The Morgan fingerprint density at radius 1 is 1.23 bits per heavy atom. The lowest BCUT2D eigenvalue weighted by Crippen LogP contribution is -2.44. The molecule has 0 aromatic carbocycles. The van der Waals surface area contributed by atoms with Crippen LogP contribution in [0.1, 0.15) is 63.6 Å². The van der Waals surface area contributed by atoms with Crippen molar-refractivity contribution in [2.24, 2.45) is 5.92 Å². The number of hydrogen-bond donors (Lipinski definition) is 1. The van der Waals surface area contributed by atoms with Gasteiger partial charge in [0.15, 0.2) is 0 Å². The molecule has 3 aliphatic rings. The highest BCUT2D eigenvalue weighted by Gasteiger charge is 2.49. The van der Waals surface area contributed by atoms with Crippen LogP contribution in [0.5, 0.6) is 0 Å². The van der Waals surface area contributed by atoms with Gasteiger partial charge in [0, 0.05) is 12.6 Å². The van der Waals surface area contributed by atoms with Crippen molar-refractivity contribution in [1.82, 2.24) is 20.3 Å². The number of rotatable bonds is 6. The zero-order valence-corrected chi connectivity index (χ0v) is 15.6. The summed E-state index contributed by atoms with van der Waals surface area (Å²) in [5.41, 5.74) is 1.08. The SMILES string of the molecule is CCCC(=O)N[C@H]1CO[C@H]2[C@@H]1OC[C@@H]2n1cc(CC2CCCCC2)nn1. The van der Waals surface area contributed by atoms with Gasteiger partial charge in [-0.05, 0) is 18.8 Å². The van der Waals surface area contributed by atoms with Gasteiger partial charge >= 0.3 is 0 Å². The molecule has 2 aliphatic heterocycles. The van der Waals surface area contributed by atoms with E-state index >= 15 is 0 Å². The maximum absolute atomic E-state index is 11.9. The zero-order chi connectivity index (χ0) is 17.9. The van der Waals surface area contributed by atoms with E-state index in [4.69, 9.17) is 9.47 Å². The van der Waals surface area contributed by atoms with Crippen LogP contribution in [0.3, 0.4) is 0 Å². The predicted molar refractivity (Wildman–Crippen MR) is 95.7 cm³/mol. The number of carbonyl (C=O) groups is 1. The van der Waals surface area contributed by atoms with Crippen molar-refractivity contribution >= 4 is 5.91 Å². The Hall–Kier alpha value is -1.47. The number of ether oxygens (including phenoxy) is 2. The summed E-state index contributed by atoms with van der Waals surface area (Å²) < 4.78 is 13.8. The van der Waals surface area contributed by atoms with Gasteiger partial charge in [0.25, 0.3) is 0 Å². The first-order chi connectivity index (χ1) is 12.7. The van der Waals surface area contributed by atoms with Crippen LogP contribution in [-0.2, 0) is 20.7 Å². The molecule has 7 heteroatoms. The molecule has 0 bridgehead atoms. The van der Waals surface area contributed by atoms with Gasteiger partial charge < -0.3 is 14.8 Å². The summed E-state index contributed by atoms with van der Waals surface area (Å²) in [5, 5.41) is 11.8. The minimum absolute atomic E-state index is 0.0423. The van der Waals surface area contributed by atoms with E-state index in [2.05, 4.69) is 21.8 Å². The van der Waals surface area contributed by atoms with Gasteiger partial charge in [-0.15, -0.1) is 5.10 Å². The minimum atomic E-state index is -0.0909. The van der Waals surface area contributed by atoms with Crippen LogP contribution in [0.2, 0.25) is 0 Å². The number of amides is 1. The Bertz CT molecular complexity index is 614. The lowest BCUT2D eigenvalue weighted by Gasteiger charge is -2.20. The van der Waals surface area contributed by atoms with E-state index in [1.54, 1.807) is 0 Å². The highest BCUT2D eigenvalue weighted by Crippen LogP contribution is 2.34. The van der Waals surface area contributed by atoms with Crippen LogP contribution in [0, 0.1) is 5.92 Å². The summed E-state index contributed by atoms with van der Waals surface area (Å²) in [5.74, 6) is 0.826. The fourth-order valence-electron chi connectivity index (χ4n) is 4.59. The summed E-state index contributed by atoms with van der Waals surface area (Å²) in [6.45, 7) is 3.07. The maximum atomic E-state index is 11.9. The van der Waals surface area contributed by atoms with E-state index < -0.39 is 0 Å². The summed E-state index contributed by atoms with van der Waals surface area (Å²) in [7, 11) is 0. The predicted octanol–water partition coefficient (Wildman–Crippen LogP) is 2.02. The molecule has 2 saturated heterocycles. The number of nitrogens with zero attached hydrogens (tertiary/aromatic N) is 3. The molecule has 0 unspecified atom stereocenters. The van der Waals surface area contributed by atoms with E-state index in [0.717, 1.165) is 24.5 Å². The molecule has 1 aliphatic carbocycles. The fraction of sp³-hybridized carbons (Fsp3) is 0.842.